The first-order valence-electron chi connectivity index (χ1n) is 6.16. The SMILES string of the molecule is C=C(C)C(C)CCC(C)=CCC(C)C(C)=O. The summed E-state index contributed by atoms with van der Waals surface area (Å²) in [4.78, 5) is 11.1. The van der Waals surface area contributed by atoms with Crippen LogP contribution < -0.4 is 0 Å². The summed E-state index contributed by atoms with van der Waals surface area (Å²) in [6, 6.07) is 0. The van der Waals surface area contributed by atoms with Crippen molar-refractivity contribution in [2.45, 2.75) is 53.9 Å². The van der Waals surface area contributed by atoms with Gasteiger partial charge in [0.25, 0.3) is 0 Å². The predicted octanol–water partition coefficient (Wildman–Crippen LogP) is 4.54. The van der Waals surface area contributed by atoms with Crippen LogP contribution in [0.25, 0.3) is 0 Å². The quantitative estimate of drug-likeness (QED) is 0.578. The molecule has 16 heavy (non-hydrogen) atoms. The molecule has 2 unspecified atom stereocenters. The van der Waals surface area contributed by atoms with E-state index in [0.717, 1.165) is 19.3 Å². The number of hydrogen-bond donors (Lipinski definition) is 0. The largest absolute Gasteiger partial charge is 0.300 e. The zero-order chi connectivity index (χ0) is 12.7. The number of Topliss-reactive ketones (excluding diaryl/α,β-unsaturated/α-hetero) is 1. The zero-order valence-corrected chi connectivity index (χ0v) is 11.5. The number of carbonyl (C=O) groups is 1. The summed E-state index contributed by atoms with van der Waals surface area (Å²) in [5.41, 5.74) is 2.64. The van der Waals surface area contributed by atoms with Gasteiger partial charge < -0.3 is 0 Å². The van der Waals surface area contributed by atoms with Crippen molar-refractivity contribution in [1.82, 2.24) is 0 Å². The molecule has 0 saturated heterocycles. The number of rotatable bonds is 7. The highest BCUT2D eigenvalue weighted by molar-refractivity contribution is 5.77. The van der Waals surface area contributed by atoms with Gasteiger partial charge in [0.15, 0.2) is 0 Å². The second kappa shape index (κ2) is 7.43. The third-order valence-corrected chi connectivity index (χ3v) is 3.33. The van der Waals surface area contributed by atoms with Crippen molar-refractivity contribution in [2.75, 3.05) is 0 Å². The van der Waals surface area contributed by atoms with Gasteiger partial charge in [0, 0.05) is 5.92 Å². The lowest BCUT2D eigenvalue weighted by atomic mass is 9.95. The summed E-state index contributed by atoms with van der Waals surface area (Å²) < 4.78 is 0. The molecule has 0 N–H and O–H groups in total. The highest BCUT2D eigenvalue weighted by Gasteiger charge is 2.06. The Balaban J connectivity index is 3.97. The van der Waals surface area contributed by atoms with Gasteiger partial charge in [-0.1, -0.05) is 37.6 Å². The van der Waals surface area contributed by atoms with Gasteiger partial charge in [0.1, 0.15) is 5.78 Å². The molecule has 0 aromatic carbocycles. The van der Waals surface area contributed by atoms with Gasteiger partial charge >= 0.3 is 0 Å². The van der Waals surface area contributed by atoms with Crippen LogP contribution in [0.4, 0.5) is 0 Å². The van der Waals surface area contributed by atoms with Crippen LogP contribution in [-0.4, -0.2) is 5.78 Å². The molecule has 0 aromatic heterocycles. The van der Waals surface area contributed by atoms with E-state index in [1.54, 1.807) is 6.92 Å². The lowest BCUT2D eigenvalue weighted by molar-refractivity contribution is -0.120. The van der Waals surface area contributed by atoms with E-state index in [4.69, 9.17) is 0 Å². The molecule has 0 aromatic rings. The van der Waals surface area contributed by atoms with E-state index in [0.29, 0.717) is 5.92 Å². The zero-order valence-electron chi connectivity index (χ0n) is 11.5. The lowest BCUT2D eigenvalue weighted by Gasteiger charge is -2.11. The molecule has 0 amide bonds. The van der Waals surface area contributed by atoms with Gasteiger partial charge in [-0.2, -0.15) is 0 Å². The van der Waals surface area contributed by atoms with Crippen molar-refractivity contribution >= 4 is 5.78 Å². The molecule has 0 aliphatic rings. The smallest absolute Gasteiger partial charge is 0.132 e. The summed E-state index contributed by atoms with van der Waals surface area (Å²) in [6.45, 7) is 14.1. The van der Waals surface area contributed by atoms with Crippen LogP contribution in [0.1, 0.15) is 53.9 Å². The number of hydrogen-bond acceptors (Lipinski definition) is 1. The van der Waals surface area contributed by atoms with Crippen LogP contribution in [-0.2, 0) is 4.79 Å². The van der Waals surface area contributed by atoms with Gasteiger partial charge in [0.2, 0.25) is 0 Å². The predicted molar refractivity (Wildman–Crippen MR) is 71.4 cm³/mol. The molecule has 0 rings (SSSR count). The van der Waals surface area contributed by atoms with E-state index < -0.39 is 0 Å². The Morgan fingerprint density at radius 2 is 1.75 bits per heavy atom. The highest BCUT2D eigenvalue weighted by Crippen LogP contribution is 2.18. The molecule has 2 atom stereocenters. The van der Waals surface area contributed by atoms with Gasteiger partial charge in [-0.25, -0.2) is 0 Å². The van der Waals surface area contributed by atoms with Crippen LogP contribution in [0.2, 0.25) is 0 Å². The third kappa shape index (κ3) is 6.60. The monoisotopic (exact) mass is 222 g/mol. The Bertz CT molecular complexity index is 273. The van der Waals surface area contributed by atoms with Crippen molar-refractivity contribution in [1.29, 1.82) is 0 Å². The summed E-state index contributed by atoms with van der Waals surface area (Å²) in [5, 5.41) is 0. The average Bonchev–Trinajstić information content (AvgIpc) is 2.21. The molecule has 0 aliphatic heterocycles. The fourth-order valence-electron chi connectivity index (χ4n) is 1.34. The van der Waals surface area contributed by atoms with Crippen LogP contribution in [0.3, 0.4) is 0 Å². The topological polar surface area (TPSA) is 17.1 Å². The standard InChI is InChI=1S/C15H26O/c1-11(2)13(4)9-7-12(3)8-10-14(5)15(6)16/h8,13-14H,1,7,9-10H2,2-6H3. The normalized spacial score (nSPS) is 15.7. The molecule has 0 saturated carbocycles. The minimum absolute atomic E-state index is 0.161. The Kier molecular flexibility index (Phi) is 7.03. The maximum Gasteiger partial charge on any atom is 0.132 e. The molecule has 0 fully saturated rings. The van der Waals surface area contributed by atoms with Crippen molar-refractivity contribution < 1.29 is 4.79 Å². The third-order valence-electron chi connectivity index (χ3n) is 3.33. The van der Waals surface area contributed by atoms with Gasteiger partial charge in [-0.15, -0.1) is 0 Å². The molecule has 92 valence electrons. The molecule has 1 heteroatoms. The fourth-order valence-corrected chi connectivity index (χ4v) is 1.34. The number of ketones is 1. The second-order valence-electron chi connectivity index (χ2n) is 5.08. The maximum absolute atomic E-state index is 11.1. The molecule has 0 spiro atoms. The molecule has 0 aliphatic carbocycles. The van der Waals surface area contributed by atoms with Gasteiger partial charge in [-0.3, -0.25) is 4.79 Å². The van der Waals surface area contributed by atoms with Crippen LogP contribution in [0.15, 0.2) is 23.8 Å². The van der Waals surface area contributed by atoms with Crippen LogP contribution in [0.5, 0.6) is 0 Å². The minimum atomic E-state index is 0.161. The Hall–Kier alpha value is -0.850. The summed E-state index contributed by atoms with van der Waals surface area (Å²) in [7, 11) is 0. The van der Waals surface area contributed by atoms with E-state index in [1.165, 1.54) is 11.1 Å². The Labute approximate surface area is 101 Å². The molecule has 0 bridgehead atoms. The van der Waals surface area contributed by atoms with Crippen molar-refractivity contribution in [3.63, 3.8) is 0 Å². The minimum Gasteiger partial charge on any atom is -0.300 e. The van der Waals surface area contributed by atoms with E-state index >= 15 is 0 Å². The molecule has 0 heterocycles. The van der Waals surface area contributed by atoms with E-state index in [-0.39, 0.29) is 11.7 Å². The molecule has 0 radical (unpaired) electrons. The fraction of sp³-hybridized carbons (Fsp3) is 0.667. The molecular formula is C15H26O. The maximum atomic E-state index is 11.1. The van der Waals surface area contributed by atoms with E-state index in [9.17, 15) is 4.79 Å². The second-order valence-corrected chi connectivity index (χ2v) is 5.08. The van der Waals surface area contributed by atoms with Crippen molar-refractivity contribution in [3.05, 3.63) is 23.8 Å². The Morgan fingerprint density at radius 3 is 2.19 bits per heavy atom. The number of allylic oxidation sites excluding steroid dienone is 3. The number of carbonyl (C=O) groups excluding carboxylic acids is 1. The van der Waals surface area contributed by atoms with Crippen LogP contribution >= 0.6 is 0 Å². The first kappa shape index (κ1) is 15.2. The summed E-state index contributed by atoms with van der Waals surface area (Å²) in [5.74, 6) is 1.03. The Morgan fingerprint density at radius 1 is 1.19 bits per heavy atom. The summed E-state index contributed by atoms with van der Waals surface area (Å²) in [6.07, 6.45) is 5.35. The average molecular weight is 222 g/mol. The molecule has 1 nitrogen and oxygen atoms in total. The highest BCUT2D eigenvalue weighted by atomic mass is 16.1. The van der Waals surface area contributed by atoms with Crippen LogP contribution in [0, 0.1) is 11.8 Å². The van der Waals surface area contributed by atoms with Gasteiger partial charge in [0.05, 0.1) is 0 Å². The first-order chi connectivity index (χ1) is 7.34. The van der Waals surface area contributed by atoms with E-state index in [1.807, 2.05) is 6.92 Å². The summed E-state index contributed by atoms with van der Waals surface area (Å²) >= 11 is 0. The van der Waals surface area contributed by atoms with Gasteiger partial charge in [-0.05, 0) is 46.0 Å². The lowest BCUT2D eigenvalue weighted by Crippen LogP contribution is -2.04. The van der Waals surface area contributed by atoms with Crippen molar-refractivity contribution in [2.24, 2.45) is 11.8 Å². The molecular weight excluding hydrogens is 196 g/mol. The van der Waals surface area contributed by atoms with E-state index in [2.05, 4.69) is 33.4 Å². The van der Waals surface area contributed by atoms with Crippen molar-refractivity contribution in [3.8, 4) is 0 Å². The first-order valence-corrected chi connectivity index (χ1v) is 6.16.